The van der Waals surface area contributed by atoms with E-state index in [1.54, 1.807) is 6.20 Å². The molecule has 0 bridgehead atoms. The monoisotopic (exact) mass is 342 g/mol. The molecule has 4 rings (SSSR count). The van der Waals surface area contributed by atoms with Crippen molar-refractivity contribution in [2.24, 2.45) is 0 Å². The lowest BCUT2D eigenvalue weighted by Gasteiger charge is -2.37. The van der Waals surface area contributed by atoms with Gasteiger partial charge in [0, 0.05) is 57.1 Å². The third-order valence-corrected chi connectivity index (χ3v) is 5.23. The minimum atomic E-state index is 0.294. The average Bonchev–Trinajstić information content (AvgIpc) is 3.11. The number of piperazine rings is 1. The smallest absolute Gasteiger partial charge is 0.236 e. The zero-order valence-corrected chi connectivity index (χ0v) is 14.9. The van der Waals surface area contributed by atoms with Crippen molar-refractivity contribution in [3.63, 3.8) is 0 Å². The Morgan fingerprint density at radius 1 is 1.08 bits per heavy atom. The minimum Gasteiger partial charge on any atom is -0.354 e. The van der Waals surface area contributed by atoms with Crippen LogP contribution in [0.2, 0.25) is 0 Å². The van der Waals surface area contributed by atoms with Gasteiger partial charge in [0.05, 0.1) is 12.7 Å². The Balaban J connectivity index is 1.38. The van der Waals surface area contributed by atoms with Crippen LogP contribution >= 0.6 is 0 Å². The molecule has 0 N–H and O–H groups in total. The summed E-state index contributed by atoms with van der Waals surface area (Å²) in [6, 6.07) is 4.03. The van der Waals surface area contributed by atoms with Gasteiger partial charge in [0.2, 0.25) is 5.91 Å². The molecule has 2 aliphatic rings. The lowest BCUT2D eigenvalue weighted by Crippen LogP contribution is -2.51. The zero-order valence-electron chi connectivity index (χ0n) is 14.9. The van der Waals surface area contributed by atoms with Crippen molar-refractivity contribution in [1.29, 1.82) is 0 Å². The molecule has 0 aliphatic carbocycles. The highest BCUT2D eigenvalue weighted by atomic mass is 16.2. The van der Waals surface area contributed by atoms with Crippen LogP contribution in [-0.4, -0.2) is 76.1 Å². The molecule has 0 saturated carbocycles. The van der Waals surface area contributed by atoms with E-state index in [0.29, 0.717) is 12.5 Å². The minimum absolute atomic E-state index is 0.294. The number of piperidine rings is 1. The molecule has 1 amide bonds. The lowest BCUT2D eigenvalue weighted by molar-refractivity contribution is -0.133. The molecule has 4 heterocycles. The van der Waals surface area contributed by atoms with Gasteiger partial charge in [-0.15, -0.1) is 0 Å². The Morgan fingerprint density at radius 3 is 2.60 bits per heavy atom. The van der Waals surface area contributed by atoms with E-state index in [9.17, 15) is 4.79 Å². The van der Waals surface area contributed by atoms with Crippen LogP contribution in [0.25, 0.3) is 5.65 Å². The molecule has 7 heteroatoms. The third-order valence-electron chi connectivity index (χ3n) is 5.23. The number of amides is 1. The number of hydrogen-bond donors (Lipinski definition) is 0. The number of hydrogen-bond acceptors (Lipinski definition) is 5. The Kier molecular flexibility index (Phi) is 4.57. The predicted molar refractivity (Wildman–Crippen MR) is 96.8 cm³/mol. The number of likely N-dealkylation sites (tertiary alicyclic amines) is 1. The fourth-order valence-corrected chi connectivity index (χ4v) is 3.81. The van der Waals surface area contributed by atoms with Crippen LogP contribution in [0.1, 0.15) is 25.0 Å². The van der Waals surface area contributed by atoms with E-state index in [1.807, 2.05) is 22.4 Å². The number of fused-ring (bicyclic) bond motifs is 1. The topological polar surface area (TPSA) is 57.0 Å². The van der Waals surface area contributed by atoms with E-state index in [0.717, 1.165) is 69.3 Å². The number of aromatic nitrogens is 3. The molecule has 134 valence electrons. The normalized spacial score (nSPS) is 19.6. The fourth-order valence-electron chi connectivity index (χ4n) is 3.81. The Labute approximate surface area is 148 Å². The average molecular weight is 342 g/mol. The van der Waals surface area contributed by atoms with Gasteiger partial charge in [0.1, 0.15) is 5.82 Å². The maximum atomic E-state index is 12.5. The van der Waals surface area contributed by atoms with Crippen LogP contribution in [-0.2, 0) is 4.79 Å². The first-order valence-electron chi connectivity index (χ1n) is 9.27. The standard InChI is InChI=1S/C18H26N6O/c1-15-13-17(24-16(20-15)5-6-19-24)22-11-9-21(10-12-22)14-18(25)23-7-3-2-4-8-23/h5-6,13H,2-4,7-12,14H2,1H3. The summed E-state index contributed by atoms with van der Waals surface area (Å²) in [4.78, 5) is 23.6. The maximum Gasteiger partial charge on any atom is 0.236 e. The maximum absolute atomic E-state index is 12.5. The molecule has 2 saturated heterocycles. The third kappa shape index (κ3) is 3.46. The Morgan fingerprint density at radius 2 is 1.84 bits per heavy atom. The highest BCUT2D eigenvalue weighted by Gasteiger charge is 2.24. The van der Waals surface area contributed by atoms with E-state index in [2.05, 4.69) is 25.9 Å². The van der Waals surface area contributed by atoms with Crippen LogP contribution in [0.3, 0.4) is 0 Å². The lowest BCUT2D eigenvalue weighted by atomic mass is 10.1. The summed E-state index contributed by atoms with van der Waals surface area (Å²) in [5, 5.41) is 4.40. The van der Waals surface area contributed by atoms with Crippen LogP contribution in [0.5, 0.6) is 0 Å². The zero-order chi connectivity index (χ0) is 17.2. The molecular formula is C18H26N6O. The molecule has 2 aromatic rings. The molecule has 2 aliphatic heterocycles. The van der Waals surface area contributed by atoms with E-state index in [-0.39, 0.29) is 0 Å². The first kappa shape index (κ1) is 16.3. The second kappa shape index (κ2) is 7.00. The van der Waals surface area contributed by atoms with Gasteiger partial charge < -0.3 is 9.80 Å². The van der Waals surface area contributed by atoms with Crippen LogP contribution in [0, 0.1) is 6.92 Å². The number of anilines is 1. The van der Waals surface area contributed by atoms with Crippen molar-refractivity contribution in [1.82, 2.24) is 24.4 Å². The largest absolute Gasteiger partial charge is 0.354 e. The van der Waals surface area contributed by atoms with Crippen molar-refractivity contribution in [3.05, 3.63) is 24.0 Å². The predicted octanol–water partition coefficient (Wildman–Crippen LogP) is 1.17. The quantitative estimate of drug-likeness (QED) is 0.838. The van der Waals surface area contributed by atoms with Gasteiger partial charge in [-0.05, 0) is 26.2 Å². The van der Waals surface area contributed by atoms with Gasteiger partial charge in [-0.3, -0.25) is 9.69 Å². The number of carbonyl (C=O) groups is 1. The molecule has 0 aromatic carbocycles. The molecule has 0 atom stereocenters. The molecule has 2 aromatic heterocycles. The van der Waals surface area contributed by atoms with E-state index in [4.69, 9.17) is 0 Å². The van der Waals surface area contributed by atoms with Crippen molar-refractivity contribution in [2.75, 3.05) is 50.7 Å². The van der Waals surface area contributed by atoms with Crippen molar-refractivity contribution in [3.8, 4) is 0 Å². The van der Waals surface area contributed by atoms with E-state index < -0.39 is 0 Å². The van der Waals surface area contributed by atoms with Crippen LogP contribution in [0.15, 0.2) is 18.3 Å². The number of nitrogens with zero attached hydrogens (tertiary/aromatic N) is 6. The summed E-state index contributed by atoms with van der Waals surface area (Å²) in [5.41, 5.74) is 1.89. The van der Waals surface area contributed by atoms with E-state index >= 15 is 0 Å². The molecular weight excluding hydrogens is 316 g/mol. The van der Waals surface area contributed by atoms with Crippen molar-refractivity contribution < 1.29 is 4.79 Å². The van der Waals surface area contributed by atoms with Crippen LogP contribution < -0.4 is 4.90 Å². The van der Waals surface area contributed by atoms with Crippen LogP contribution in [0.4, 0.5) is 5.82 Å². The second-order valence-corrected chi connectivity index (χ2v) is 7.06. The van der Waals surface area contributed by atoms with E-state index in [1.165, 1.54) is 6.42 Å². The molecule has 0 unspecified atom stereocenters. The summed E-state index contributed by atoms with van der Waals surface area (Å²) < 4.78 is 1.90. The molecule has 0 spiro atoms. The highest BCUT2D eigenvalue weighted by Crippen LogP contribution is 2.19. The van der Waals surface area contributed by atoms with Gasteiger partial charge in [-0.2, -0.15) is 9.61 Å². The summed E-state index contributed by atoms with van der Waals surface area (Å²) in [5.74, 6) is 1.39. The van der Waals surface area contributed by atoms with Gasteiger partial charge in [0.15, 0.2) is 5.65 Å². The second-order valence-electron chi connectivity index (χ2n) is 7.06. The molecule has 7 nitrogen and oxygen atoms in total. The molecule has 25 heavy (non-hydrogen) atoms. The van der Waals surface area contributed by atoms with Crippen molar-refractivity contribution in [2.45, 2.75) is 26.2 Å². The highest BCUT2D eigenvalue weighted by molar-refractivity contribution is 5.78. The summed E-state index contributed by atoms with van der Waals surface area (Å²) in [6.45, 7) is 8.08. The summed E-state index contributed by atoms with van der Waals surface area (Å²) in [6.07, 6.45) is 5.36. The van der Waals surface area contributed by atoms with Gasteiger partial charge >= 0.3 is 0 Å². The van der Waals surface area contributed by atoms with Gasteiger partial charge in [-0.25, -0.2) is 4.98 Å². The number of carbonyl (C=O) groups excluding carboxylic acids is 1. The first-order chi connectivity index (χ1) is 12.2. The number of aryl methyl sites for hydroxylation is 1. The first-order valence-corrected chi connectivity index (χ1v) is 9.27. The van der Waals surface area contributed by atoms with Crippen molar-refractivity contribution >= 4 is 17.4 Å². The number of rotatable bonds is 3. The Bertz CT molecular complexity index is 743. The summed E-state index contributed by atoms with van der Waals surface area (Å²) in [7, 11) is 0. The molecule has 0 radical (unpaired) electrons. The van der Waals surface area contributed by atoms with Gasteiger partial charge in [-0.1, -0.05) is 0 Å². The SMILES string of the molecule is Cc1cc(N2CCN(CC(=O)N3CCCCC3)CC2)n2nccc2n1. The summed E-state index contributed by atoms with van der Waals surface area (Å²) >= 11 is 0. The molecule has 2 fully saturated rings. The van der Waals surface area contributed by atoms with Gasteiger partial charge in [0.25, 0.3) is 0 Å². The fraction of sp³-hybridized carbons (Fsp3) is 0.611. The Hall–Kier alpha value is -2.15.